The number of hydrogen-bond donors (Lipinski definition) is 2. The third-order valence-corrected chi connectivity index (χ3v) is 7.16. The first-order valence-corrected chi connectivity index (χ1v) is 10.7. The van der Waals surface area contributed by atoms with Crippen molar-refractivity contribution >= 4 is 17.5 Å². The van der Waals surface area contributed by atoms with Crippen LogP contribution in [-0.4, -0.2) is 18.4 Å². The number of nitrogens with one attached hydrogen (secondary N) is 2. The first kappa shape index (κ1) is 18.5. The SMILES string of the molecule is CCc1cccc(C)c1NC(=O)CCNC(=O)C12CC3CC(CC(C3)C1)C2. The molecule has 0 atom stereocenters. The minimum absolute atomic E-state index is 0.0233. The summed E-state index contributed by atoms with van der Waals surface area (Å²) in [6.45, 7) is 4.54. The van der Waals surface area contributed by atoms with Crippen molar-refractivity contribution in [2.24, 2.45) is 23.2 Å². The third kappa shape index (κ3) is 3.63. The average Bonchev–Trinajstić information content (AvgIpc) is 2.62. The molecule has 4 heteroatoms. The quantitative estimate of drug-likeness (QED) is 0.790. The zero-order valence-electron chi connectivity index (χ0n) is 16.6. The van der Waals surface area contributed by atoms with Crippen molar-refractivity contribution in [3.63, 3.8) is 0 Å². The maximum absolute atomic E-state index is 12.9. The van der Waals surface area contributed by atoms with Crippen LogP contribution in [0.15, 0.2) is 18.2 Å². The van der Waals surface area contributed by atoms with E-state index in [0.29, 0.717) is 13.0 Å². The monoisotopic (exact) mass is 368 g/mol. The highest BCUT2D eigenvalue weighted by Crippen LogP contribution is 2.60. The van der Waals surface area contributed by atoms with Crippen molar-refractivity contribution in [1.29, 1.82) is 0 Å². The van der Waals surface area contributed by atoms with Crippen molar-refractivity contribution in [1.82, 2.24) is 5.32 Å². The second-order valence-corrected chi connectivity index (χ2v) is 9.21. The lowest BCUT2D eigenvalue weighted by Gasteiger charge is -2.55. The standard InChI is InChI=1S/C23H32N2O2/c1-3-19-6-4-5-15(2)21(19)25-20(26)7-8-24-22(27)23-12-16-9-17(13-23)11-18(10-16)14-23/h4-6,16-18H,3,7-14H2,1-2H3,(H,24,27)(H,25,26). The fourth-order valence-corrected chi connectivity index (χ4v) is 6.27. The molecule has 0 unspecified atom stereocenters. The molecule has 27 heavy (non-hydrogen) atoms. The van der Waals surface area contributed by atoms with Crippen molar-refractivity contribution in [2.45, 2.75) is 65.2 Å². The number of carbonyl (C=O) groups is 2. The van der Waals surface area contributed by atoms with Gasteiger partial charge in [-0.3, -0.25) is 9.59 Å². The second kappa shape index (κ2) is 7.29. The summed E-state index contributed by atoms with van der Waals surface area (Å²) in [7, 11) is 0. The molecule has 1 aromatic carbocycles. The fraction of sp³-hybridized carbons (Fsp3) is 0.652. The van der Waals surface area contributed by atoms with Gasteiger partial charge in [-0.25, -0.2) is 0 Å². The zero-order chi connectivity index (χ0) is 19.0. The molecule has 0 spiro atoms. The molecule has 0 aliphatic heterocycles. The highest BCUT2D eigenvalue weighted by Gasteiger charge is 2.54. The topological polar surface area (TPSA) is 58.2 Å². The number of rotatable bonds is 6. The molecule has 4 fully saturated rings. The zero-order valence-corrected chi connectivity index (χ0v) is 16.6. The molecule has 2 N–H and O–H groups in total. The molecule has 4 saturated carbocycles. The maximum Gasteiger partial charge on any atom is 0.226 e. The first-order valence-electron chi connectivity index (χ1n) is 10.7. The van der Waals surface area contributed by atoms with E-state index in [1.807, 2.05) is 19.1 Å². The van der Waals surface area contributed by atoms with Gasteiger partial charge in [-0.05, 0) is 80.8 Å². The van der Waals surface area contributed by atoms with Gasteiger partial charge in [-0.2, -0.15) is 0 Å². The summed E-state index contributed by atoms with van der Waals surface area (Å²) >= 11 is 0. The maximum atomic E-state index is 12.9. The Balaban J connectivity index is 1.30. The Kier molecular flexibility index (Phi) is 5.00. The van der Waals surface area contributed by atoms with E-state index in [1.165, 1.54) is 19.3 Å². The number of amides is 2. The van der Waals surface area contributed by atoms with Gasteiger partial charge in [0, 0.05) is 24.1 Å². The highest BCUT2D eigenvalue weighted by atomic mass is 16.2. The lowest BCUT2D eigenvalue weighted by Crippen LogP contribution is -2.53. The van der Waals surface area contributed by atoms with E-state index in [-0.39, 0.29) is 17.2 Å². The van der Waals surface area contributed by atoms with Crippen molar-refractivity contribution in [3.05, 3.63) is 29.3 Å². The Hall–Kier alpha value is -1.84. The molecule has 4 nitrogen and oxygen atoms in total. The number of anilines is 1. The first-order chi connectivity index (χ1) is 13.0. The molecule has 4 aliphatic carbocycles. The van der Waals surface area contributed by atoms with Gasteiger partial charge in [-0.1, -0.05) is 25.1 Å². The Bertz CT molecular complexity index is 705. The molecule has 1 aromatic rings. The van der Waals surface area contributed by atoms with E-state index in [4.69, 9.17) is 0 Å². The molecule has 0 saturated heterocycles. The molecule has 146 valence electrons. The molecular formula is C23H32N2O2. The molecule has 0 heterocycles. The van der Waals surface area contributed by atoms with Gasteiger partial charge in [-0.15, -0.1) is 0 Å². The van der Waals surface area contributed by atoms with Crippen molar-refractivity contribution in [2.75, 3.05) is 11.9 Å². The van der Waals surface area contributed by atoms with Gasteiger partial charge < -0.3 is 10.6 Å². The minimum Gasteiger partial charge on any atom is -0.355 e. The fourth-order valence-electron chi connectivity index (χ4n) is 6.27. The third-order valence-electron chi connectivity index (χ3n) is 7.16. The van der Waals surface area contributed by atoms with Crippen LogP contribution in [0.3, 0.4) is 0 Å². The van der Waals surface area contributed by atoms with E-state index in [0.717, 1.165) is 60.3 Å². The van der Waals surface area contributed by atoms with Gasteiger partial charge in [0.1, 0.15) is 0 Å². The second-order valence-electron chi connectivity index (χ2n) is 9.21. The van der Waals surface area contributed by atoms with E-state index in [1.54, 1.807) is 0 Å². The number of aryl methyl sites for hydroxylation is 2. The number of hydrogen-bond acceptors (Lipinski definition) is 2. The smallest absolute Gasteiger partial charge is 0.226 e. The average molecular weight is 369 g/mol. The molecule has 4 bridgehead atoms. The summed E-state index contributed by atoms with van der Waals surface area (Å²) in [5.74, 6) is 2.47. The van der Waals surface area contributed by atoms with Crippen LogP contribution in [0, 0.1) is 30.1 Å². The Morgan fingerprint density at radius 3 is 2.30 bits per heavy atom. The lowest BCUT2D eigenvalue weighted by molar-refractivity contribution is -0.146. The van der Waals surface area contributed by atoms with Crippen LogP contribution in [0.4, 0.5) is 5.69 Å². The highest BCUT2D eigenvalue weighted by molar-refractivity contribution is 5.93. The minimum atomic E-state index is -0.128. The molecule has 4 aliphatic rings. The van der Waals surface area contributed by atoms with Crippen LogP contribution in [0.2, 0.25) is 0 Å². The summed E-state index contributed by atoms with van der Waals surface area (Å²) in [6.07, 6.45) is 8.44. The van der Waals surface area contributed by atoms with E-state index in [2.05, 4.69) is 23.6 Å². The largest absolute Gasteiger partial charge is 0.355 e. The van der Waals surface area contributed by atoms with Gasteiger partial charge in [0.25, 0.3) is 0 Å². The van der Waals surface area contributed by atoms with Crippen LogP contribution in [-0.2, 0) is 16.0 Å². The van der Waals surface area contributed by atoms with Crippen LogP contribution < -0.4 is 10.6 Å². The molecule has 0 aromatic heterocycles. The molecule has 2 amide bonds. The Morgan fingerprint density at radius 1 is 1.07 bits per heavy atom. The normalized spacial score (nSPS) is 31.0. The summed E-state index contributed by atoms with van der Waals surface area (Å²) in [4.78, 5) is 25.3. The molecular weight excluding hydrogens is 336 g/mol. The van der Waals surface area contributed by atoms with Crippen LogP contribution >= 0.6 is 0 Å². The van der Waals surface area contributed by atoms with E-state index >= 15 is 0 Å². The molecule has 0 radical (unpaired) electrons. The van der Waals surface area contributed by atoms with Crippen LogP contribution in [0.5, 0.6) is 0 Å². The van der Waals surface area contributed by atoms with E-state index in [9.17, 15) is 9.59 Å². The summed E-state index contributed by atoms with van der Waals surface area (Å²) in [5, 5.41) is 6.15. The number of benzene rings is 1. The molecule has 5 rings (SSSR count). The van der Waals surface area contributed by atoms with Crippen LogP contribution in [0.25, 0.3) is 0 Å². The van der Waals surface area contributed by atoms with Gasteiger partial charge in [0.05, 0.1) is 0 Å². The predicted octanol–water partition coefficient (Wildman–Crippen LogP) is 4.22. The van der Waals surface area contributed by atoms with Crippen molar-refractivity contribution in [3.8, 4) is 0 Å². The van der Waals surface area contributed by atoms with Crippen molar-refractivity contribution < 1.29 is 9.59 Å². The van der Waals surface area contributed by atoms with Crippen LogP contribution in [0.1, 0.15) is 63.0 Å². The number of carbonyl (C=O) groups excluding carboxylic acids is 2. The summed E-state index contributed by atoms with van der Waals surface area (Å²) < 4.78 is 0. The van der Waals surface area contributed by atoms with Gasteiger partial charge in [0.15, 0.2) is 0 Å². The number of para-hydroxylation sites is 1. The summed E-state index contributed by atoms with van der Waals surface area (Å²) in [5.41, 5.74) is 3.04. The van der Waals surface area contributed by atoms with Gasteiger partial charge in [0.2, 0.25) is 11.8 Å². The summed E-state index contributed by atoms with van der Waals surface area (Å²) in [6, 6.07) is 6.09. The Labute approximate surface area is 162 Å². The lowest BCUT2D eigenvalue weighted by atomic mass is 9.49. The predicted molar refractivity (Wildman–Crippen MR) is 107 cm³/mol. The van der Waals surface area contributed by atoms with Gasteiger partial charge >= 0.3 is 0 Å². The van der Waals surface area contributed by atoms with E-state index < -0.39 is 0 Å². The Morgan fingerprint density at radius 2 is 1.70 bits per heavy atom.